The van der Waals surface area contributed by atoms with Crippen molar-refractivity contribution in [3.8, 4) is 0 Å². The molecular formula is C17H24N6O2S. The van der Waals surface area contributed by atoms with E-state index in [1.54, 1.807) is 30.1 Å². The second kappa shape index (κ2) is 7.88. The SMILES string of the molecule is CN=C(NCc1ccc(S(=O)(=O)NC2CC2)cc1)NCc1ccnn1C. The van der Waals surface area contributed by atoms with Crippen LogP contribution in [0.5, 0.6) is 0 Å². The summed E-state index contributed by atoms with van der Waals surface area (Å²) in [5.74, 6) is 0.665. The maximum Gasteiger partial charge on any atom is 0.240 e. The fraction of sp³-hybridized carbons (Fsp3) is 0.412. The van der Waals surface area contributed by atoms with Crippen molar-refractivity contribution >= 4 is 16.0 Å². The van der Waals surface area contributed by atoms with E-state index in [1.807, 2.05) is 25.2 Å². The molecule has 1 aliphatic rings. The van der Waals surface area contributed by atoms with Crippen molar-refractivity contribution in [2.45, 2.75) is 36.9 Å². The van der Waals surface area contributed by atoms with E-state index in [0.717, 1.165) is 24.1 Å². The average molecular weight is 376 g/mol. The molecule has 0 saturated heterocycles. The number of nitrogens with one attached hydrogen (secondary N) is 3. The fourth-order valence-corrected chi connectivity index (χ4v) is 3.74. The molecule has 3 rings (SSSR count). The predicted octanol–water partition coefficient (Wildman–Crippen LogP) is 0.726. The highest BCUT2D eigenvalue weighted by atomic mass is 32.2. The number of aryl methyl sites for hydroxylation is 1. The molecule has 0 bridgehead atoms. The van der Waals surface area contributed by atoms with E-state index in [9.17, 15) is 8.42 Å². The highest BCUT2D eigenvalue weighted by Crippen LogP contribution is 2.22. The van der Waals surface area contributed by atoms with E-state index >= 15 is 0 Å². The van der Waals surface area contributed by atoms with Crippen LogP contribution in [0.4, 0.5) is 0 Å². The smallest absolute Gasteiger partial charge is 0.240 e. The highest BCUT2D eigenvalue weighted by molar-refractivity contribution is 7.89. The van der Waals surface area contributed by atoms with Gasteiger partial charge in [0.25, 0.3) is 0 Å². The molecule has 8 nitrogen and oxygen atoms in total. The molecule has 0 unspecified atom stereocenters. The number of rotatable bonds is 7. The molecule has 1 saturated carbocycles. The van der Waals surface area contributed by atoms with E-state index in [1.165, 1.54) is 0 Å². The summed E-state index contributed by atoms with van der Waals surface area (Å²) < 4.78 is 28.8. The lowest BCUT2D eigenvalue weighted by molar-refractivity contribution is 0.581. The minimum Gasteiger partial charge on any atom is -0.352 e. The first kappa shape index (κ1) is 18.4. The molecule has 0 spiro atoms. The molecule has 9 heteroatoms. The molecule has 26 heavy (non-hydrogen) atoms. The summed E-state index contributed by atoms with van der Waals surface area (Å²) in [5, 5.41) is 10.6. The summed E-state index contributed by atoms with van der Waals surface area (Å²) >= 11 is 0. The Labute approximate surface area is 153 Å². The van der Waals surface area contributed by atoms with Crippen molar-refractivity contribution in [3.05, 3.63) is 47.8 Å². The van der Waals surface area contributed by atoms with Crippen LogP contribution in [0.15, 0.2) is 46.4 Å². The maximum atomic E-state index is 12.2. The zero-order chi connectivity index (χ0) is 18.6. The third kappa shape index (κ3) is 4.83. The third-order valence-corrected chi connectivity index (χ3v) is 5.71. The Morgan fingerprint density at radius 2 is 1.88 bits per heavy atom. The Bertz CT molecular complexity index is 869. The van der Waals surface area contributed by atoms with Crippen LogP contribution in [-0.2, 0) is 30.2 Å². The summed E-state index contributed by atoms with van der Waals surface area (Å²) in [7, 11) is 0.194. The van der Waals surface area contributed by atoms with Crippen molar-refractivity contribution in [1.82, 2.24) is 25.1 Å². The van der Waals surface area contributed by atoms with Crippen molar-refractivity contribution in [2.75, 3.05) is 7.05 Å². The Balaban J connectivity index is 1.52. The molecule has 1 aromatic carbocycles. The summed E-state index contributed by atoms with van der Waals surface area (Å²) in [5.41, 5.74) is 2.02. The molecule has 0 amide bonds. The van der Waals surface area contributed by atoms with Gasteiger partial charge in [0.05, 0.1) is 17.1 Å². The molecule has 0 radical (unpaired) electrons. The van der Waals surface area contributed by atoms with Crippen LogP contribution in [-0.4, -0.2) is 37.2 Å². The van der Waals surface area contributed by atoms with E-state index in [-0.39, 0.29) is 6.04 Å². The van der Waals surface area contributed by atoms with Crippen molar-refractivity contribution in [1.29, 1.82) is 0 Å². The maximum absolute atomic E-state index is 12.2. The molecule has 140 valence electrons. The molecule has 0 aliphatic heterocycles. The molecule has 1 fully saturated rings. The van der Waals surface area contributed by atoms with Crippen molar-refractivity contribution in [3.63, 3.8) is 0 Å². The Hall–Kier alpha value is -2.39. The van der Waals surface area contributed by atoms with Gasteiger partial charge in [0.1, 0.15) is 0 Å². The van der Waals surface area contributed by atoms with Gasteiger partial charge >= 0.3 is 0 Å². The van der Waals surface area contributed by atoms with Crippen molar-refractivity contribution < 1.29 is 8.42 Å². The first-order chi connectivity index (χ1) is 12.5. The van der Waals surface area contributed by atoms with Crippen LogP contribution in [0.2, 0.25) is 0 Å². The van der Waals surface area contributed by atoms with Crippen LogP contribution in [0, 0.1) is 0 Å². The molecule has 1 heterocycles. The van der Waals surface area contributed by atoms with Crippen LogP contribution in [0.3, 0.4) is 0 Å². The van der Waals surface area contributed by atoms with Gasteiger partial charge < -0.3 is 10.6 Å². The minimum absolute atomic E-state index is 0.107. The van der Waals surface area contributed by atoms with E-state index in [2.05, 4.69) is 25.4 Å². The first-order valence-corrected chi connectivity index (χ1v) is 9.99. The Kier molecular flexibility index (Phi) is 5.58. The second-order valence-electron chi connectivity index (χ2n) is 6.26. The number of guanidine groups is 1. The number of nitrogens with zero attached hydrogens (tertiary/aromatic N) is 3. The van der Waals surface area contributed by atoms with Gasteiger partial charge in [-0.05, 0) is 36.6 Å². The van der Waals surface area contributed by atoms with E-state index in [4.69, 9.17) is 0 Å². The number of benzene rings is 1. The predicted molar refractivity (Wildman–Crippen MR) is 100 cm³/mol. The number of aromatic nitrogens is 2. The van der Waals surface area contributed by atoms with Crippen LogP contribution in [0.1, 0.15) is 24.1 Å². The molecule has 0 atom stereocenters. The molecule has 2 aromatic rings. The van der Waals surface area contributed by atoms with Crippen LogP contribution in [0.25, 0.3) is 0 Å². The lowest BCUT2D eigenvalue weighted by Crippen LogP contribution is -2.36. The molecule has 1 aliphatic carbocycles. The number of hydrogen-bond donors (Lipinski definition) is 3. The standard InChI is InChI=1S/C17H24N6O2S/c1-18-17(20-12-15-9-10-21-23(15)2)19-11-13-3-7-16(8-4-13)26(24,25)22-14-5-6-14/h3-4,7-10,14,22H,5-6,11-12H2,1-2H3,(H2,18,19,20). The van der Waals surface area contributed by atoms with Gasteiger partial charge in [-0.3, -0.25) is 9.67 Å². The zero-order valence-electron chi connectivity index (χ0n) is 14.9. The third-order valence-electron chi connectivity index (χ3n) is 4.18. The monoisotopic (exact) mass is 376 g/mol. The topological polar surface area (TPSA) is 100 Å². The summed E-state index contributed by atoms with van der Waals surface area (Å²) in [6.07, 6.45) is 3.60. The number of hydrogen-bond acceptors (Lipinski definition) is 4. The van der Waals surface area contributed by atoms with Gasteiger partial charge in [0.15, 0.2) is 5.96 Å². The van der Waals surface area contributed by atoms with E-state index < -0.39 is 10.0 Å². The fourth-order valence-electron chi connectivity index (χ4n) is 2.43. The average Bonchev–Trinajstić information content (AvgIpc) is 3.34. The Morgan fingerprint density at radius 1 is 1.19 bits per heavy atom. The lowest BCUT2D eigenvalue weighted by Gasteiger charge is -2.12. The second-order valence-corrected chi connectivity index (χ2v) is 7.98. The summed E-state index contributed by atoms with van der Waals surface area (Å²) in [6, 6.07) is 8.93. The van der Waals surface area contributed by atoms with Gasteiger partial charge in [-0.25, -0.2) is 13.1 Å². The van der Waals surface area contributed by atoms with E-state index in [0.29, 0.717) is 23.9 Å². The van der Waals surface area contributed by atoms with Crippen LogP contribution >= 0.6 is 0 Å². The van der Waals surface area contributed by atoms with Gasteiger partial charge in [-0.1, -0.05) is 12.1 Å². The zero-order valence-corrected chi connectivity index (χ0v) is 15.8. The van der Waals surface area contributed by atoms with Gasteiger partial charge in [-0.2, -0.15) is 5.10 Å². The first-order valence-electron chi connectivity index (χ1n) is 8.50. The minimum atomic E-state index is -3.40. The Morgan fingerprint density at radius 3 is 2.46 bits per heavy atom. The number of sulfonamides is 1. The molecule has 3 N–H and O–H groups in total. The summed E-state index contributed by atoms with van der Waals surface area (Å²) in [4.78, 5) is 4.49. The highest BCUT2D eigenvalue weighted by Gasteiger charge is 2.27. The van der Waals surface area contributed by atoms with Crippen molar-refractivity contribution in [2.24, 2.45) is 12.0 Å². The number of aliphatic imine (C=N–C) groups is 1. The van der Waals surface area contributed by atoms with Crippen LogP contribution < -0.4 is 15.4 Å². The quantitative estimate of drug-likeness (QED) is 0.488. The largest absolute Gasteiger partial charge is 0.352 e. The molecular weight excluding hydrogens is 352 g/mol. The normalized spacial score (nSPS) is 15.1. The lowest BCUT2D eigenvalue weighted by atomic mass is 10.2. The molecule has 1 aromatic heterocycles. The van der Waals surface area contributed by atoms with Gasteiger partial charge in [-0.15, -0.1) is 0 Å². The summed E-state index contributed by atoms with van der Waals surface area (Å²) in [6.45, 7) is 1.15. The van der Waals surface area contributed by atoms with Gasteiger partial charge in [0.2, 0.25) is 10.0 Å². The van der Waals surface area contributed by atoms with Gasteiger partial charge in [0, 0.05) is 32.9 Å².